The zero-order valence-electron chi connectivity index (χ0n) is 12.8. The van der Waals surface area contributed by atoms with Crippen LogP contribution in [0.25, 0.3) is 0 Å². The second-order valence-corrected chi connectivity index (χ2v) is 7.00. The summed E-state index contributed by atoms with van der Waals surface area (Å²) in [6.07, 6.45) is -0.492. The van der Waals surface area contributed by atoms with E-state index in [9.17, 15) is 14.7 Å². The molecule has 1 rings (SSSR count). The smallest absolute Gasteiger partial charge is 0.307 e. The highest BCUT2D eigenvalue weighted by molar-refractivity contribution is 7.07. The van der Waals surface area contributed by atoms with Crippen LogP contribution in [0.1, 0.15) is 33.4 Å². The number of carbonyl (C=O) groups is 1. The Morgan fingerprint density at radius 3 is 2.55 bits per heavy atom. The highest BCUT2D eigenvalue weighted by atomic mass is 32.1. The van der Waals surface area contributed by atoms with Gasteiger partial charge in [0.05, 0.1) is 6.10 Å². The molecule has 1 unspecified atom stereocenters. The molecule has 6 heteroatoms. The summed E-state index contributed by atoms with van der Waals surface area (Å²) in [5.74, 6) is -0.0822. The number of carbonyl (C=O) groups excluding carboxylic acids is 1. The summed E-state index contributed by atoms with van der Waals surface area (Å²) < 4.78 is 1.45. The molecule has 1 aromatic heterocycles. The molecule has 20 heavy (non-hydrogen) atoms. The van der Waals surface area contributed by atoms with E-state index in [4.69, 9.17) is 0 Å². The van der Waals surface area contributed by atoms with Crippen molar-refractivity contribution in [3.63, 3.8) is 0 Å². The van der Waals surface area contributed by atoms with E-state index >= 15 is 0 Å². The standard InChI is InChI=1S/C14H24N2O3S/c1-9(2)12(18)14(4,5)8-15-11(17)6-16-10(3)7-20-13(16)19/h7,9,12,18H,6,8H2,1-5H3,(H,15,17). The quantitative estimate of drug-likeness (QED) is 0.833. The molecule has 0 saturated carbocycles. The van der Waals surface area contributed by atoms with Crippen molar-refractivity contribution < 1.29 is 9.90 Å². The van der Waals surface area contributed by atoms with E-state index in [0.717, 1.165) is 17.0 Å². The minimum absolute atomic E-state index is 0.0298. The first kappa shape index (κ1) is 16.9. The molecule has 0 saturated heterocycles. The van der Waals surface area contributed by atoms with Crippen molar-refractivity contribution in [2.24, 2.45) is 11.3 Å². The van der Waals surface area contributed by atoms with Gasteiger partial charge in [0.15, 0.2) is 0 Å². The van der Waals surface area contributed by atoms with Crippen LogP contribution in [-0.2, 0) is 11.3 Å². The van der Waals surface area contributed by atoms with Crippen molar-refractivity contribution in [2.45, 2.75) is 47.3 Å². The van der Waals surface area contributed by atoms with E-state index in [-0.39, 0.29) is 23.2 Å². The number of hydrogen-bond acceptors (Lipinski definition) is 4. The summed E-state index contributed by atoms with van der Waals surface area (Å²) in [4.78, 5) is 23.3. The molecule has 5 nitrogen and oxygen atoms in total. The van der Waals surface area contributed by atoms with Crippen LogP contribution >= 0.6 is 11.3 Å². The third-order valence-electron chi connectivity index (χ3n) is 3.45. The van der Waals surface area contributed by atoms with Crippen molar-refractivity contribution in [2.75, 3.05) is 6.54 Å². The van der Waals surface area contributed by atoms with Crippen molar-refractivity contribution in [3.8, 4) is 0 Å². The molecule has 0 spiro atoms. The molecular formula is C14H24N2O3S. The van der Waals surface area contributed by atoms with Crippen LogP contribution < -0.4 is 10.2 Å². The Hall–Kier alpha value is -1.14. The molecule has 1 heterocycles. The lowest BCUT2D eigenvalue weighted by atomic mass is 9.81. The number of aliphatic hydroxyl groups excluding tert-OH is 1. The topological polar surface area (TPSA) is 71.3 Å². The largest absolute Gasteiger partial charge is 0.392 e. The molecule has 0 aliphatic carbocycles. The van der Waals surface area contributed by atoms with Gasteiger partial charge < -0.3 is 10.4 Å². The van der Waals surface area contributed by atoms with E-state index in [0.29, 0.717) is 6.54 Å². The van der Waals surface area contributed by atoms with Gasteiger partial charge >= 0.3 is 4.87 Å². The Balaban J connectivity index is 2.58. The van der Waals surface area contributed by atoms with Crippen LogP contribution in [0.5, 0.6) is 0 Å². The molecule has 2 N–H and O–H groups in total. The molecule has 0 radical (unpaired) electrons. The van der Waals surface area contributed by atoms with E-state index in [1.54, 1.807) is 12.3 Å². The summed E-state index contributed by atoms with van der Waals surface area (Å²) in [6.45, 7) is 9.94. The monoisotopic (exact) mass is 300 g/mol. The fourth-order valence-electron chi connectivity index (χ4n) is 2.13. The summed E-state index contributed by atoms with van der Waals surface area (Å²) in [7, 11) is 0. The zero-order valence-corrected chi connectivity index (χ0v) is 13.6. The van der Waals surface area contributed by atoms with E-state index in [2.05, 4.69) is 5.32 Å². The predicted octanol–water partition coefficient (Wildman–Crippen LogP) is 1.38. The summed E-state index contributed by atoms with van der Waals surface area (Å²) >= 11 is 1.09. The number of amides is 1. The Kier molecular flexibility index (Phi) is 5.53. The minimum atomic E-state index is -0.492. The van der Waals surface area contributed by atoms with Gasteiger partial charge in [0.1, 0.15) is 6.54 Å². The maximum atomic E-state index is 11.9. The molecule has 1 atom stereocenters. The van der Waals surface area contributed by atoms with Gasteiger partial charge in [-0.15, -0.1) is 0 Å². The molecule has 0 aromatic carbocycles. The number of nitrogens with one attached hydrogen (secondary N) is 1. The maximum absolute atomic E-state index is 11.9. The van der Waals surface area contributed by atoms with Gasteiger partial charge in [-0.25, -0.2) is 0 Å². The van der Waals surface area contributed by atoms with Gasteiger partial charge in [-0.05, 0) is 12.8 Å². The number of aliphatic hydroxyl groups is 1. The van der Waals surface area contributed by atoms with Crippen LogP contribution in [-0.4, -0.2) is 28.2 Å². The highest BCUT2D eigenvalue weighted by Gasteiger charge is 2.30. The van der Waals surface area contributed by atoms with Crippen LogP contribution in [0.15, 0.2) is 10.2 Å². The second kappa shape index (κ2) is 6.54. The fraction of sp³-hybridized carbons (Fsp3) is 0.714. The predicted molar refractivity (Wildman–Crippen MR) is 81.0 cm³/mol. The lowest BCUT2D eigenvalue weighted by Gasteiger charge is -2.33. The number of rotatable bonds is 6. The van der Waals surface area contributed by atoms with Gasteiger partial charge in [-0.1, -0.05) is 39.0 Å². The number of hydrogen-bond donors (Lipinski definition) is 2. The highest BCUT2D eigenvalue weighted by Crippen LogP contribution is 2.24. The van der Waals surface area contributed by atoms with E-state index in [1.165, 1.54) is 4.57 Å². The SMILES string of the molecule is Cc1csc(=O)n1CC(=O)NCC(C)(C)C(O)C(C)C. The Bertz CT molecular complexity index is 517. The average molecular weight is 300 g/mol. The molecule has 0 fully saturated rings. The number of thiazole rings is 1. The number of nitrogens with zero attached hydrogens (tertiary/aromatic N) is 1. The van der Waals surface area contributed by atoms with Gasteiger partial charge in [-0.3, -0.25) is 14.2 Å². The molecular weight excluding hydrogens is 276 g/mol. The first-order chi connectivity index (χ1) is 9.15. The molecule has 0 bridgehead atoms. The lowest BCUT2D eigenvalue weighted by Crippen LogP contribution is -2.44. The van der Waals surface area contributed by atoms with Gasteiger partial charge in [-0.2, -0.15) is 0 Å². The number of aromatic nitrogens is 1. The van der Waals surface area contributed by atoms with Crippen molar-refractivity contribution >= 4 is 17.2 Å². The van der Waals surface area contributed by atoms with Crippen LogP contribution in [0.4, 0.5) is 0 Å². The summed E-state index contributed by atoms with van der Waals surface area (Å²) in [6, 6.07) is 0. The van der Waals surface area contributed by atoms with Crippen LogP contribution in [0, 0.1) is 18.3 Å². The van der Waals surface area contributed by atoms with Gasteiger partial charge in [0, 0.05) is 23.0 Å². The fourth-order valence-corrected chi connectivity index (χ4v) is 2.86. The van der Waals surface area contributed by atoms with E-state index in [1.807, 2.05) is 27.7 Å². The van der Waals surface area contributed by atoms with Crippen LogP contribution in [0.2, 0.25) is 0 Å². The Labute approximate surface area is 123 Å². The van der Waals surface area contributed by atoms with Gasteiger partial charge in [0.25, 0.3) is 0 Å². The lowest BCUT2D eigenvalue weighted by molar-refractivity contribution is -0.122. The average Bonchev–Trinajstić information content (AvgIpc) is 2.67. The Morgan fingerprint density at radius 2 is 2.10 bits per heavy atom. The normalized spacial score (nSPS) is 13.6. The molecule has 0 aliphatic rings. The van der Waals surface area contributed by atoms with Crippen molar-refractivity contribution in [1.29, 1.82) is 0 Å². The third-order valence-corrected chi connectivity index (χ3v) is 4.33. The maximum Gasteiger partial charge on any atom is 0.307 e. The van der Waals surface area contributed by atoms with Gasteiger partial charge in [0.2, 0.25) is 5.91 Å². The Morgan fingerprint density at radius 1 is 1.50 bits per heavy atom. The van der Waals surface area contributed by atoms with Crippen molar-refractivity contribution in [1.82, 2.24) is 9.88 Å². The molecule has 114 valence electrons. The minimum Gasteiger partial charge on any atom is -0.392 e. The first-order valence-electron chi connectivity index (χ1n) is 6.75. The zero-order chi connectivity index (χ0) is 15.5. The summed E-state index contributed by atoms with van der Waals surface area (Å²) in [5, 5.41) is 14.6. The number of aryl methyl sites for hydroxylation is 1. The van der Waals surface area contributed by atoms with E-state index < -0.39 is 11.5 Å². The first-order valence-corrected chi connectivity index (χ1v) is 7.63. The second-order valence-electron chi connectivity index (χ2n) is 6.18. The summed E-state index contributed by atoms with van der Waals surface area (Å²) in [5.41, 5.74) is 0.384. The third kappa shape index (κ3) is 4.18. The molecule has 0 aliphatic heterocycles. The molecule has 1 aromatic rings. The van der Waals surface area contributed by atoms with Crippen molar-refractivity contribution in [3.05, 3.63) is 20.7 Å². The van der Waals surface area contributed by atoms with Crippen LogP contribution in [0.3, 0.4) is 0 Å². The molecule has 1 amide bonds.